The van der Waals surface area contributed by atoms with Crippen molar-refractivity contribution in [1.29, 1.82) is 0 Å². The van der Waals surface area contributed by atoms with E-state index in [4.69, 9.17) is 0 Å². The summed E-state index contributed by atoms with van der Waals surface area (Å²) in [4.78, 5) is 15.5. The average molecular weight is 353 g/mol. The zero-order valence-corrected chi connectivity index (χ0v) is 13.2. The molecule has 0 saturated carbocycles. The van der Waals surface area contributed by atoms with Crippen molar-refractivity contribution >= 4 is 27.6 Å². The Labute approximate surface area is 130 Å². The minimum absolute atomic E-state index is 0.293. The number of carbonyl (C=O) groups excluding carboxylic acids is 1. The first-order valence-electron chi connectivity index (χ1n) is 6.24. The lowest BCUT2D eigenvalue weighted by molar-refractivity contribution is 0.0600. The van der Waals surface area contributed by atoms with Crippen LogP contribution < -0.4 is 5.32 Å². The van der Waals surface area contributed by atoms with Crippen molar-refractivity contribution < 1.29 is 13.9 Å². The van der Waals surface area contributed by atoms with Gasteiger partial charge in [0.1, 0.15) is 5.82 Å². The van der Waals surface area contributed by atoms with Crippen molar-refractivity contribution in [2.75, 3.05) is 12.4 Å². The molecule has 2 aromatic rings. The standard InChI is InChI=1S/C15H14BrFN2O2/c1-9-5-13(17)12(16)6-14(9)19-8-11-4-3-10(7-18-11)15(20)21-2/h3-7,19H,8H2,1-2H3. The second-order valence-electron chi connectivity index (χ2n) is 4.46. The summed E-state index contributed by atoms with van der Waals surface area (Å²) in [5.74, 6) is -0.709. The molecule has 0 atom stereocenters. The third-order valence-corrected chi connectivity index (χ3v) is 3.58. The maximum atomic E-state index is 13.3. The number of methoxy groups -OCH3 is 1. The lowest BCUT2D eigenvalue weighted by Gasteiger charge is -2.10. The summed E-state index contributed by atoms with van der Waals surface area (Å²) in [5.41, 5.74) is 2.80. The Morgan fingerprint density at radius 2 is 2.19 bits per heavy atom. The van der Waals surface area contributed by atoms with E-state index in [0.29, 0.717) is 16.6 Å². The molecular formula is C15H14BrFN2O2. The summed E-state index contributed by atoms with van der Waals surface area (Å²) in [6.07, 6.45) is 1.47. The first kappa shape index (κ1) is 15.4. The van der Waals surface area contributed by atoms with Gasteiger partial charge in [-0.25, -0.2) is 9.18 Å². The van der Waals surface area contributed by atoms with E-state index in [1.165, 1.54) is 19.4 Å². The largest absolute Gasteiger partial charge is 0.465 e. The second kappa shape index (κ2) is 6.67. The van der Waals surface area contributed by atoms with E-state index < -0.39 is 5.97 Å². The van der Waals surface area contributed by atoms with Gasteiger partial charge >= 0.3 is 5.97 Å². The first-order chi connectivity index (χ1) is 10.0. The minimum Gasteiger partial charge on any atom is -0.465 e. The SMILES string of the molecule is COC(=O)c1ccc(CNc2cc(Br)c(F)cc2C)nc1. The van der Waals surface area contributed by atoms with Crippen LogP contribution in [0.3, 0.4) is 0 Å². The van der Waals surface area contributed by atoms with Crippen molar-refractivity contribution in [2.45, 2.75) is 13.5 Å². The zero-order valence-electron chi connectivity index (χ0n) is 11.6. The number of benzene rings is 1. The molecule has 6 heteroatoms. The number of anilines is 1. The van der Waals surface area contributed by atoms with Crippen LogP contribution in [0.15, 0.2) is 34.9 Å². The van der Waals surface area contributed by atoms with Gasteiger partial charge in [0, 0.05) is 11.9 Å². The topological polar surface area (TPSA) is 51.2 Å². The molecule has 0 aliphatic rings. The third-order valence-electron chi connectivity index (χ3n) is 2.97. The fourth-order valence-electron chi connectivity index (χ4n) is 1.79. The molecule has 0 aliphatic heterocycles. The Kier molecular flexibility index (Phi) is 4.90. The van der Waals surface area contributed by atoms with Crippen molar-refractivity contribution in [1.82, 2.24) is 4.98 Å². The number of pyridine rings is 1. The lowest BCUT2D eigenvalue weighted by Crippen LogP contribution is -2.06. The van der Waals surface area contributed by atoms with Gasteiger partial charge in [-0.1, -0.05) is 0 Å². The summed E-state index contributed by atoms with van der Waals surface area (Å²) in [6.45, 7) is 2.30. The fourth-order valence-corrected chi connectivity index (χ4v) is 2.13. The van der Waals surface area contributed by atoms with Crippen LogP contribution in [0.2, 0.25) is 0 Å². The molecule has 0 fully saturated rings. The van der Waals surface area contributed by atoms with Gasteiger partial charge in [-0.2, -0.15) is 0 Å². The highest BCUT2D eigenvalue weighted by molar-refractivity contribution is 9.10. The van der Waals surface area contributed by atoms with E-state index in [1.54, 1.807) is 18.2 Å². The molecular weight excluding hydrogens is 339 g/mol. The van der Waals surface area contributed by atoms with E-state index in [0.717, 1.165) is 16.9 Å². The molecule has 4 nitrogen and oxygen atoms in total. The van der Waals surface area contributed by atoms with Gasteiger partial charge in [-0.3, -0.25) is 4.98 Å². The van der Waals surface area contributed by atoms with Crippen LogP contribution in [-0.4, -0.2) is 18.1 Å². The van der Waals surface area contributed by atoms with Gasteiger partial charge in [0.05, 0.1) is 29.4 Å². The molecule has 1 heterocycles. The van der Waals surface area contributed by atoms with Crippen LogP contribution in [0.5, 0.6) is 0 Å². The molecule has 1 N–H and O–H groups in total. The molecule has 110 valence electrons. The number of halogens is 2. The number of carbonyl (C=O) groups is 1. The Morgan fingerprint density at radius 1 is 1.43 bits per heavy atom. The number of aromatic nitrogens is 1. The van der Waals surface area contributed by atoms with Gasteiger partial charge in [0.15, 0.2) is 0 Å². The molecule has 21 heavy (non-hydrogen) atoms. The average Bonchev–Trinajstić information content (AvgIpc) is 2.49. The van der Waals surface area contributed by atoms with Crippen LogP contribution >= 0.6 is 15.9 Å². The highest BCUT2D eigenvalue weighted by Crippen LogP contribution is 2.24. The van der Waals surface area contributed by atoms with Crippen LogP contribution in [-0.2, 0) is 11.3 Å². The van der Waals surface area contributed by atoms with E-state index in [9.17, 15) is 9.18 Å². The Bertz CT molecular complexity index is 659. The molecule has 1 aromatic heterocycles. The monoisotopic (exact) mass is 352 g/mol. The molecule has 0 radical (unpaired) electrons. The number of aryl methyl sites for hydroxylation is 1. The van der Waals surface area contributed by atoms with E-state index in [2.05, 4.69) is 31.0 Å². The molecule has 0 amide bonds. The number of nitrogens with zero attached hydrogens (tertiary/aromatic N) is 1. The van der Waals surface area contributed by atoms with Crippen LogP contribution in [0.25, 0.3) is 0 Å². The summed E-state index contributed by atoms with van der Waals surface area (Å²) < 4.78 is 18.4. The molecule has 0 spiro atoms. The van der Waals surface area contributed by atoms with E-state index >= 15 is 0 Å². The maximum Gasteiger partial charge on any atom is 0.339 e. The van der Waals surface area contributed by atoms with Crippen LogP contribution in [0.1, 0.15) is 21.6 Å². The summed E-state index contributed by atoms with van der Waals surface area (Å²) in [6, 6.07) is 6.55. The van der Waals surface area contributed by atoms with Gasteiger partial charge in [0.2, 0.25) is 0 Å². The predicted molar refractivity (Wildman–Crippen MR) is 81.7 cm³/mol. The summed E-state index contributed by atoms with van der Waals surface area (Å²) in [7, 11) is 1.33. The summed E-state index contributed by atoms with van der Waals surface area (Å²) in [5, 5.41) is 3.18. The predicted octanol–water partition coefficient (Wildman–Crippen LogP) is 3.69. The van der Waals surface area contributed by atoms with Gasteiger partial charge in [0.25, 0.3) is 0 Å². The first-order valence-corrected chi connectivity index (χ1v) is 7.03. The number of hydrogen-bond donors (Lipinski definition) is 1. The Hall–Kier alpha value is -1.95. The molecule has 0 saturated heterocycles. The van der Waals surface area contributed by atoms with Crippen molar-refractivity contribution in [3.8, 4) is 0 Å². The highest BCUT2D eigenvalue weighted by Gasteiger charge is 2.07. The van der Waals surface area contributed by atoms with Gasteiger partial charge in [-0.05, 0) is 52.7 Å². The van der Waals surface area contributed by atoms with Crippen molar-refractivity contribution in [3.63, 3.8) is 0 Å². The number of nitrogens with one attached hydrogen (secondary N) is 1. The summed E-state index contributed by atoms with van der Waals surface area (Å²) >= 11 is 3.16. The lowest BCUT2D eigenvalue weighted by atomic mass is 10.2. The number of esters is 1. The maximum absolute atomic E-state index is 13.3. The van der Waals surface area contributed by atoms with Gasteiger partial charge < -0.3 is 10.1 Å². The van der Waals surface area contributed by atoms with Crippen molar-refractivity contribution in [2.24, 2.45) is 0 Å². The molecule has 2 rings (SSSR count). The van der Waals surface area contributed by atoms with Crippen LogP contribution in [0, 0.1) is 12.7 Å². The fraction of sp³-hybridized carbons (Fsp3) is 0.200. The quantitative estimate of drug-likeness (QED) is 0.852. The second-order valence-corrected chi connectivity index (χ2v) is 5.32. The molecule has 0 unspecified atom stereocenters. The number of ether oxygens (including phenoxy) is 1. The zero-order chi connectivity index (χ0) is 15.4. The smallest absolute Gasteiger partial charge is 0.339 e. The van der Waals surface area contributed by atoms with Gasteiger partial charge in [-0.15, -0.1) is 0 Å². The number of rotatable bonds is 4. The Morgan fingerprint density at radius 3 is 2.81 bits per heavy atom. The highest BCUT2D eigenvalue weighted by atomic mass is 79.9. The van der Waals surface area contributed by atoms with E-state index in [-0.39, 0.29) is 5.82 Å². The normalized spacial score (nSPS) is 10.3. The van der Waals surface area contributed by atoms with E-state index in [1.807, 2.05) is 6.92 Å². The Balaban J connectivity index is 2.06. The molecule has 0 aliphatic carbocycles. The molecule has 0 bridgehead atoms. The van der Waals surface area contributed by atoms with Crippen molar-refractivity contribution in [3.05, 3.63) is 57.6 Å². The third kappa shape index (κ3) is 3.78. The van der Waals surface area contributed by atoms with Crippen LogP contribution in [0.4, 0.5) is 10.1 Å². The number of hydrogen-bond acceptors (Lipinski definition) is 4. The minimum atomic E-state index is -0.416. The molecule has 1 aromatic carbocycles.